The Balaban J connectivity index is 2.25. The van der Waals surface area contributed by atoms with E-state index in [4.69, 9.17) is 0 Å². The van der Waals surface area contributed by atoms with Crippen LogP contribution < -0.4 is 0 Å². The van der Waals surface area contributed by atoms with Gasteiger partial charge in [0.25, 0.3) is 0 Å². The number of ketones is 1. The second kappa shape index (κ2) is 6.01. The van der Waals surface area contributed by atoms with Crippen LogP contribution in [0.5, 0.6) is 0 Å². The zero-order valence-electron chi connectivity index (χ0n) is 12.2. The molecule has 0 saturated heterocycles. The van der Waals surface area contributed by atoms with Gasteiger partial charge in [-0.05, 0) is 17.7 Å². The van der Waals surface area contributed by atoms with Crippen LogP contribution in [0.25, 0.3) is 0 Å². The summed E-state index contributed by atoms with van der Waals surface area (Å²) in [4.78, 5) is 11.8. The van der Waals surface area contributed by atoms with Crippen LogP contribution in [0.1, 0.15) is 5.56 Å². The van der Waals surface area contributed by atoms with Gasteiger partial charge >= 0.3 is 0 Å². The number of nitrogens with zero attached hydrogens (tertiary/aromatic N) is 2. The first-order valence-corrected chi connectivity index (χ1v) is 10.2. The van der Waals surface area contributed by atoms with E-state index in [2.05, 4.69) is 41.5 Å². The Kier molecular flexibility index (Phi) is 4.34. The minimum atomic E-state index is -1.65. The van der Waals surface area contributed by atoms with Gasteiger partial charge in [-0.2, -0.15) is 5.10 Å². The Morgan fingerprint density at radius 2 is 1.70 bits per heavy atom. The van der Waals surface area contributed by atoms with Crippen molar-refractivity contribution in [1.82, 2.24) is 4.67 Å². The maximum absolute atomic E-state index is 11.8. The molecule has 0 fully saturated rings. The van der Waals surface area contributed by atoms with E-state index in [1.165, 1.54) is 5.56 Å². The van der Waals surface area contributed by atoms with Crippen LogP contribution in [-0.4, -0.2) is 24.4 Å². The fourth-order valence-electron chi connectivity index (χ4n) is 1.85. The summed E-state index contributed by atoms with van der Waals surface area (Å²) in [7, 11) is -1.65. The number of hydrogen-bond donors (Lipinski definition) is 0. The van der Waals surface area contributed by atoms with Crippen LogP contribution >= 0.6 is 0 Å². The van der Waals surface area contributed by atoms with E-state index in [1.807, 2.05) is 24.3 Å². The molecule has 0 heterocycles. The van der Waals surface area contributed by atoms with Crippen molar-refractivity contribution in [2.45, 2.75) is 26.2 Å². The van der Waals surface area contributed by atoms with Crippen LogP contribution in [0.4, 0.5) is 0 Å². The lowest BCUT2D eigenvalue weighted by atomic mass is 10.1. The Morgan fingerprint density at radius 3 is 2.30 bits per heavy atom. The van der Waals surface area contributed by atoms with Gasteiger partial charge in [0.2, 0.25) is 5.78 Å². The van der Waals surface area contributed by atoms with Crippen LogP contribution in [0.2, 0.25) is 19.6 Å². The molecule has 1 aliphatic rings. The third-order valence-corrected chi connectivity index (χ3v) is 4.85. The molecule has 3 nitrogen and oxygen atoms in total. The number of carbonyl (C=O) groups is 1. The van der Waals surface area contributed by atoms with E-state index < -0.39 is 8.24 Å². The molecule has 0 saturated carbocycles. The second-order valence-corrected chi connectivity index (χ2v) is 10.6. The fourth-order valence-corrected chi connectivity index (χ4v) is 2.91. The molecule has 0 spiro atoms. The summed E-state index contributed by atoms with van der Waals surface area (Å²) < 4.78 is 2.10. The summed E-state index contributed by atoms with van der Waals surface area (Å²) in [6, 6.07) is 10.2. The van der Waals surface area contributed by atoms with E-state index in [0.29, 0.717) is 5.71 Å². The van der Waals surface area contributed by atoms with Gasteiger partial charge in [-0.15, -0.1) is 0 Å². The van der Waals surface area contributed by atoms with Crippen molar-refractivity contribution >= 4 is 19.7 Å². The SMILES string of the molecule is C[Si](C)(C)N(Cc1ccccc1)N=C1C=CC=CC1=O. The van der Waals surface area contributed by atoms with Crippen molar-refractivity contribution < 1.29 is 4.79 Å². The number of hydrogen-bond acceptors (Lipinski definition) is 3. The number of carbonyl (C=O) groups excluding carboxylic acids is 1. The summed E-state index contributed by atoms with van der Waals surface area (Å²) in [5.41, 5.74) is 1.73. The Bertz CT molecular complexity index is 568. The summed E-state index contributed by atoms with van der Waals surface area (Å²) in [5.74, 6) is -0.0242. The molecule has 0 N–H and O–H groups in total. The van der Waals surface area contributed by atoms with Crippen molar-refractivity contribution in [2.75, 3.05) is 0 Å². The van der Waals surface area contributed by atoms with Crippen LogP contribution in [-0.2, 0) is 11.3 Å². The number of rotatable bonds is 4. The molecule has 2 rings (SSSR count). The fraction of sp³-hybridized carbons (Fsp3) is 0.250. The average molecular weight is 284 g/mol. The average Bonchev–Trinajstić information content (AvgIpc) is 2.40. The van der Waals surface area contributed by atoms with Crippen LogP contribution in [0, 0.1) is 0 Å². The third-order valence-electron chi connectivity index (χ3n) is 3.04. The molecule has 0 amide bonds. The normalized spacial score (nSPS) is 16.8. The Labute approximate surface area is 121 Å². The van der Waals surface area contributed by atoms with E-state index in [9.17, 15) is 4.79 Å². The lowest BCUT2D eigenvalue weighted by molar-refractivity contribution is -0.108. The number of benzene rings is 1. The first-order valence-electron chi connectivity index (χ1n) is 6.76. The van der Waals surface area contributed by atoms with E-state index in [-0.39, 0.29) is 5.78 Å². The molecule has 104 valence electrons. The predicted molar refractivity (Wildman–Crippen MR) is 86.1 cm³/mol. The molecule has 0 atom stereocenters. The van der Waals surface area contributed by atoms with Crippen LogP contribution in [0.3, 0.4) is 0 Å². The summed E-state index contributed by atoms with van der Waals surface area (Å²) >= 11 is 0. The highest BCUT2D eigenvalue weighted by atomic mass is 28.3. The topological polar surface area (TPSA) is 32.7 Å². The summed E-state index contributed by atoms with van der Waals surface area (Å²) in [6.45, 7) is 7.43. The highest BCUT2D eigenvalue weighted by molar-refractivity contribution is 6.73. The van der Waals surface area contributed by atoms with E-state index in [1.54, 1.807) is 18.2 Å². The van der Waals surface area contributed by atoms with Gasteiger partial charge in [0, 0.05) is 0 Å². The monoisotopic (exact) mass is 284 g/mol. The highest BCUT2D eigenvalue weighted by Gasteiger charge is 2.24. The Hall–Kier alpha value is -1.94. The summed E-state index contributed by atoms with van der Waals surface area (Å²) in [5, 5.41) is 4.61. The van der Waals surface area contributed by atoms with E-state index in [0.717, 1.165) is 6.54 Å². The molecule has 4 heteroatoms. The molecule has 20 heavy (non-hydrogen) atoms. The zero-order chi connectivity index (χ0) is 14.6. The van der Waals surface area contributed by atoms with Gasteiger partial charge in [-0.25, -0.2) is 0 Å². The predicted octanol–water partition coefficient (Wildman–Crippen LogP) is 3.37. The maximum Gasteiger partial charge on any atom is 0.205 e. The lowest BCUT2D eigenvalue weighted by Gasteiger charge is -2.32. The zero-order valence-corrected chi connectivity index (χ0v) is 13.2. The Morgan fingerprint density at radius 1 is 1.05 bits per heavy atom. The standard InChI is InChI=1S/C16H20N2OSi/c1-20(2,3)18(13-14-9-5-4-6-10-14)17-15-11-7-8-12-16(15)19/h4-12H,13H2,1-3H3. The van der Waals surface area contributed by atoms with Crippen molar-refractivity contribution in [3.8, 4) is 0 Å². The first kappa shape index (κ1) is 14.5. The van der Waals surface area contributed by atoms with Gasteiger partial charge in [-0.3, -0.25) is 4.79 Å². The van der Waals surface area contributed by atoms with Gasteiger partial charge in [0.1, 0.15) is 5.71 Å². The van der Waals surface area contributed by atoms with Crippen molar-refractivity contribution in [3.63, 3.8) is 0 Å². The van der Waals surface area contributed by atoms with E-state index >= 15 is 0 Å². The molecule has 0 aromatic heterocycles. The molecule has 0 bridgehead atoms. The molecule has 0 unspecified atom stereocenters. The van der Waals surface area contributed by atoms with Gasteiger partial charge in [-0.1, -0.05) is 62.1 Å². The van der Waals surface area contributed by atoms with Crippen LogP contribution in [0.15, 0.2) is 59.7 Å². The third kappa shape index (κ3) is 3.77. The highest BCUT2D eigenvalue weighted by Crippen LogP contribution is 2.16. The molecule has 1 aromatic rings. The van der Waals surface area contributed by atoms with Crippen molar-refractivity contribution in [1.29, 1.82) is 0 Å². The maximum atomic E-state index is 11.8. The quantitative estimate of drug-likeness (QED) is 0.482. The van der Waals surface area contributed by atoms with Gasteiger partial charge < -0.3 is 4.67 Å². The number of allylic oxidation sites excluding steroid dienone is 4. The second-order valence-electron chi connectivity index (χ2n) is 5.78. The smallest absolute Gasteiger partial charge is 0.205 e. The molecule has 1 aromatic carbocycles. The van der Waals surface area contributed by atoms with Crippen molar-refractivity contribution in [2.24, 2.45) is 5.10 Å². The molecule has 0 radical (unpaired) electrons. The lowest BCUT2D eigenvalue weighted by Crippen LogP contribution is -2.42. The number of hydrazone groups is 1. The molecule has 1 aliphatic carbocycles. The first-order chi connectivity index (χ1) is 9.47. The minimum Gasteiger partial charge on any atom is -0.320 e. The molecular formula is C16H20N2OSi. The van der Waals surface area contributed by atoms with Gasteiger partial charge in [0.15, 0.2) is 8.24 Å². The molecule has 0 aliphatic heterocycles. The van der Waals surface area contributed by atoms with Gasteiger partial charge in [0.05, 0.1) is 6.54 Å². The summed E-state index contributed by atoms with van der Waals surface area (Å²) in [6.07, 6.45) is 6.94. The van der Waals surface area contributed by atoms with Crippen molar-refractivity contribution in [3.05, 3.63) is 60.2 Å². The largest absolute Gasteiger partial charge is 0.320 e. The minimum absolute atomic E-state index is 0.0242. The molecular weight excluding hydrogens is 264 g/mol.